The van der Waals surface area contributed by atoms with Crippen LogP contribution in [0.15, 0.2) is 56.7 Å². The molecule has 1 aromatic carbocycles. The van der Waals surface area contributed by atoms with Gasteiger partial charge in [0.25, 0.3) is 5.56 Å². The van der Waals surface area contributed by atoms with Crippen molar-refractivity contribution in [1.82, 2.24) is 24.6 Å². The number of thiophene rings is 1. The maximum atomic E-state index is 12.5. The molecule has 0 bridgehead atoms. The highest BCUT2D eigenvalue weighted by Crippen LogP contribution is 2.28. The van der Waals surface area contributed by atoms with Crippen LogP contribution in [0, 0.1) is 0 Å². The van der Waals surface area contributed by atoms with E-state index < -0.39 is 0 Å². The maximum absolute atomic E-state index is 12.5. The Morgan fingerprint density at radius 2 is 2.11 bits per heavy atom. The molecule has 0 unspecified atom stereocenters. The van der Waals surface area contributed by atoms with Crippen LogP contribution in [0.25, 0.3) is 22.3 Å². The summed E-state index contributed by atoms with van der Waals surface area (Å²) in [7, 11) is 0. The van der Waals surface area contributed by atoms with Gasteiger partial charge in [-0.05, 0) is 23.6 Å². The van der Waals surface area contributed by atoms with Gasteiger partial charge < -0.3 is 9.42 Å². The zero-order valence-electron chi connectivity index (χ0n) is 14.7. The van der Waals surface area contributed by atoms with Crippen molar-refractivity contribution >= 4 is 28.1 Å². The van der Waals surface area contributed by atoms with Gasteiger partial charge in [0.1, 0.15) is 6.54 Å². The standard InChI is InChI=1S/C19H15N5O3S/c25-16(9-24-11-20-15-4-2-1-3-14(15)19(24)26)23-7-13(8-23)18-21-17(22-27-18)12-5-6-28-10-12/h1-6,10-11,13H,7-9H2. The topological polar surface area (TPSA) is 94.1 Å². The number of benzene rings is 1. The molecule has 1 amide bonds. The van der Waals surface area contributed by atoms with Crippen molar-refractivity contribution in [2.24, 2.45) is 0 Å². The van der Waals surface area contributed by atoms with E-state index in [1.807, 2.05) is 22.9 Å². The summed E-state index contributed by atoms with van der Waals surface area (Å²) in [5.41, 5.74) is 1.33. The number of hydrogen-bond donors (Lipinski definition) is 0. The quantitative estimate of drug-likeness (QED) is 0.527. The number of carbonyl (C=O) groups excluding carboxylic acids is 1. The maximum Gasteiger partial charge on any atom is 0.261 e. The van der Waals surface area contributed by atoms with E-state index in [9.17, 15) is 9.59 Å². The van der Waals surface area contributed by atoms with Crippen molar-refractivity contribution in [2.75, 3.05) is 13.1 Å². The van der Waals surface area contributed by atoms with E-state index in [2.05, 4.69) is 15.1 Å². The molecule has 0 N–H and O–H groups in total. The second-order valence-electron chi connectivity index (χ2n) is 6.66. The van der Waals surface area contributed by atoms with E-state index in [1.54, 1.807) is 34.4 Å². The van der Waals surface area contributed by atoms with Crippen LogP contribution in [0.2, 0.25) is 0 Å². The van der Waals surface area contributed by atoms with Crippen LogP contribution in [-0.4, -0.2) is 43.6 Å². The minimum Gasteiger partial charge on any atom is -0.339 e. The molecule has 0 radical (unpaired) electrons. The van der Waals surface area contributed by atoms with E-state index in [4.69, 9.17) is 4.52 Å². The predicted octanol–water partition coefficient (Wildman–Crippen LogP) is 2.13. The van der Waals surface area contributed by atoms with Crippen molar-refractivity contribution < 1.29 is 9.32 Å². The van der Waals surface area contributed by atoms with E-state index in [-0.39, 0.29) is 23.9 Å². The molecule has 0 spiro atoms. The lowest BCUT2D eigenvalue weighted by atomic mass is 10.00. The molecule has 4 aromatic rings. The zero-order chi connectivity index (χ0) is 19.1. The highest BCUT2D eigenvalue weighted by atomic mass is 32.1. The Kier molecular flexibility index (Phi) is 4.01. The summed E-state index contributed by atoms with van der Waals surface area (Å²) in [4.78, 5) is 35.4. The lowest BCUT2D eigenvalue weighted by Crippen LogP contribution is -2.50. The molecule has 8 nitrogen and oxygen atoms in total. The van der Waals surface area contributed by atoms with Crippen LogP contribution in [0.3, 0.4) is 0 Å². The van der Waals surface area contributed by atoms with Crippen molar-refractivity contribution in [1.29, 1.82) is 0 Å². The van der Waals surface area contributed by atoms with Gasteiger partial charge in [-0.1, -0.05) is 17.3 Å². The first kappa shape index (κ1) is 16.8. The number of amides is 1. The number of fused-ring (bicyclic) bond motifs is 1. The number of para-hydroxylation sites is 1. The summed E-state index contributed by atoms with van der Waals surface area (Å²) < 4.78 is 6.69. The molecule has 1 aliphatic rings. The number of carbonyl (C=O) groups is 1. The van der Waals surface area contributed by atoms with Gasteiger partial charge in [0.2, 0.25) is 17.6 Å². The highest BCUT2D eigenvalue weighted by Gasteiger charge is 2.35. The summed E-state index contributed by atoms with van der Waals surface area (Å²) in [6.07, 6.45) is 1.42. The molecule has 1 fully saturated rings. The summed E-state index contributed by atoms with van der Waals surface area (Å²) in [5, 5.41) is 8.42. The fourth-order valence-corrected chi connectivity index (χ4v) is 3.85. The number of hydrogen-bond acceptors (Lipinski definition) is 7. The van der Waals surface area contributed by atoms with Gasteiger partial charge in [-0.15, -0.1) is 0 Å². The van der Waals surface area contributed by atoms with E-state index in [0.717, 1.165) is 5.56 Å². The second kappa shape index (κ2) is 6.68. The van der Waals surface area contributed by atoms with E-state index in [0.29, 0.717) is 35.7 Å². The number of aromatic nitrogens is 4. The lowest BCUT2D eigenvalue weighted by Gasteiger charge is -2.37. The number of rotatable bonds is 4. The zero-order valence-corrected chi connectivity index (χ0v) is 15.5. The minimum absolute atomic E-state index is 0.0234. The average Bonchev–Trinajstić information content (AvgIpc) is 3.35. The Bertz CT molecular complexity index is 1210. The monoisotopic (exact) mass is 393 g/mol. The molecule has 1 saturated heterocycles. The third-order valence-electron chi connectivity index (χ3n) is 4.84. The SMILES string of the molecule is O=C(Cn1cnc2ccccc2c1=O)N1CC(c2nc(-c3ccsc3)no2)C1. The molecule has 28 heavy (non-hydrogen) atoms. The van der Waals surface area contributed by atoms with E-state index >= 15 is 0 Å². The van der Waals surface area contributed by atoms with Crippen LogP contribution in [-0.2, 0) is 11.3 Å². The molecule has 0 atom stereocenters. The number of nitrogens with zero attached hydrogens (tertiary/aromatic N) is 5. The lowest BCUT2D eigenvalue weighted by molar-refractivity contribution is -0.136. The third-order valence-corrected chi connectivity index (χ3v) is 5.52. The molecular formula is C19H15N5O3S. The largest absolute Gasteiger partial charge is 0.339 e. The Morgan fingerprint density at radius 3 is 2.93 bits per heavy atom. The molecule has 3 aromatic heterocycles. The first-order valence-corrected chi connectivity index (χ1v) is 9.71. The van der Waals surface area contributed by atoms with Crippen LogP contribution in [0.1, 0.15) is 11.8 Å². The van der Waals surface area contributed by atoms with Gasteiger partial charge in [0, 0.05) is 24.0 Å². The fourth-order valence-electron chi connectivity index (χ4n) is 3.21. The van der Waals surface area contributed by atoms with Crippen molar-refractivity contribution in [2.45, 2.75) is 12.5 Å². The summed E-state index contributed by atoms with van der Waals surface area (Å²) >= 11 is 1.57. The van der Waals surface area contributed by atoms with Gasteiger partial charge in [0.05, 0.1) is 23.1 Å². The molecule has 0 aliphatic carbocycles. The van der Waals surface area contributed by atoms with Crippen molar-refractivity contribution in [3.63, 3.8) is 0 Å². The Hall–Kier alpha value is -3.33. The normalized spacial score (nSPS) is 14.4. The Balaban J connectivity index is 1.25. The van der Waals surface area contributed by atoms with Crippen LogP contribution >= 0.6 is 11.3 Å². The first-order chi connectivity index (χ1) is 13.7. The van der Waals surface area contributed by atoms with Crippen LogP contribution < -0.4 is 5.56 Å². The minimum atomic E-state index is -0.215. The second-order valence-corrected chi connectivity index (χ2v) is 7.44. The van der Waals surface area contributed by atoms with Gasteiger partial charge in [0.15, 0.2) is 0 Å². The summed E-state index contributed by atoms with van der Waals surface area (Å²) in [6.45, 7) is 0.965. The summed E-state index contributed by atoms with van der Waals surface area (Å²) in [5.74, 6) is 0.993. The number of likely N-dealkylation sites (tertiary alicyclic amines) is 1. The first-order valence-electron chi connectivity index (χ1n) is 8.77. The highest BCUT2D eigenvalue weighted by molar-refractivity contribution is 7.08. The molecular weight excluding hydrogens is 378 g/mol. The third kappa shape index (κ3) is 2.89. The molecule has 0 saturated carbocycles. The average molecular weight is 393 g/mol. The van der Waals surface area contributed by atoms with Gasteiger partial charge in [-0.25, -0.2) is 4.98 Å². The Labute approximate surface area is 163 Å². The molecule has 5 rings (SSSR count). The van der Waals surface area contributed by atoms with Crippen molar-refractivity contribution in [3.05, 3.63) is 63.7 Å². The fraction of sp³-hybridized carbons (Fsp3) is 0.211. The van der Waals surface area contributed by atoms with Crippen molar-refractivity contribution in [3.8, 4) is 11.4 Å². The summed E-state index contributed by atoms with van der Waals surface area (Å²) in [6, 6.07) is 9.03. The van der Waals surface area contributed by atoms with Crippen LogP contribution in [0.5, 0.6) is 0 Å². The van der Waals surface area contributed by atoms with Gasteiger partial charge in [-0.2, -0.15) is 16.3 Å². The van der Waals surface area contributed by atoms with Gasteiger partial charge in [-0.3, -0.25) is 14.2 Å². The molecule has 1 aliphatic heterocycles. The van der Waals surface area contributed by atoms with Gasteiger partial charge >= 0.3 is 0 Å². The Morgan fingerprint density at radius 1 is 1.25 bits per heavy atom. The van der Waals surface area contributed by atoms with Crippen LogP contribution in [0.4, 0.5) is 0 Å². The molecule has 9 heteroatoms. The van der Waals surface area contributed by atoms with E-state index in [1.165, 1.54) is 10.9 Å². The smallest absolute Gasteiger partial charge is 0.261 e. The molecule has 140 valence electrons. The molecule has 4 heterocycles. The predicted molar refractivity (Wildman–Crippen MR) is 103 cm³/mol.